The van der Waals surface area contributed by atoms with Gasteiger partial charge in [0.05, 0.1) is 0 Å². The number of H-pyrrole nitrogens is 1. The average molecular weight is 309 g/mol. The molecule has 0 fully saturated rings. The lowest BCUT2D eigenvalue weighted by atomic mass is 10.1. The summed E-state index contributed by atoms with van der Waals surface area (Å²) in [6.45, 7) is 4.45. The molecule has 0 saturated heterocycles. The third kappa shape index (κ3) is 3.29. The molecule has 2 aromatic rings. The lowest BCUT2D eigenvalue weighted by Gasteiger charge is -2.01. The van der Waals surface area contributed by atoms with E-state index >= 15 is 0 Å². The Morgan fingerprint density at radius 1 is 1.28 bits per heavy atom. The molecule has 1 N–H and O–H groups in total. The van der Waals surface area contributed by atoms with E-state index in [1.165, 1.54) is 5.56 Å². The molecule has 1 aromatic heterocycles. The maximum Gasteiger partial charge on any atom is 0.251 e. The number of benzene rings is 1. The normalized spacial score (nSPS) is 9.89. The SMILES string of the molecule is CCc1ccc(C(=O)C[n+]2cc[nH]c2C)cc1.[Br-]. The summed E-state index contributed by atoms with van der Waals surface area (Å²) in [5.41, 5.74) is 2.03. The summed E-state index contributed by atoms with van der Waals surface area (Å²) < 4.78 is 1.91. The Kier molecular flexibility index (Phi) is 5.28. The number of nitrogens with one attached hydrogen (secondary N) is 1. The van der Waals surface area contributed by atoms with E-state index in [-0.39, 0.29) is 22.8 Å². The van der Waals surface area contributed by atoms with Gasteiger partial charge in [-0.05, 0) is 12.0 Å². The molecule has 0 radical (unpaired) electrons. The first-order valence-corrected chi connectivity index (χ1v) is 5.86. The number of ketones is 1. The Balaban J connectivity index is 0.00000162. The van der Waals surface area contributed by atoms with Crippen LogP contribution in [0.1, 0.15) is 28.7 Å². The summed E-state index contributed by atoms with van der Waals surface area (Å²) in [5, 5.41) is 0. The van der Waals surface area contributed by atoms with Gasteiger partial charge in [0, 0.05) is 12.5 Å². The topological polar surface area (TPSA) is 36.7 Å². The predicted molar refractivity (Wildman–Crippen MR) is 65.9 cm³/mol. The molecule has 1 aromatic carbocycles. The van der Waals surface area contributed by atoms with Crippen LogP contribution in [0, 0.1) is 6.92 Å². The zero-order valence-electron chi connectivity index (χ0n) is 10.6. The molecule has 0 bridgehead atoms. The minimum absolute atomic E-state index is 0. The van der Waals surface area contributed by atoms with E-state index in [0.29, 0.717) is 6.54 Å². The monoisotopic (exact) mass is 308 g/mol. The van der Waals surface area contributed by atoms with Crippen molar-refractivity contribution in [1.29, 1.82) is 0 Å². The number of halogens is 1. The molecule has 96 valence electrons. The summed E-state index contributed by atoms with van der Waals surface area (Å²) in [7, 11) is 0. The van der Waals surface area contributed by atoms with E-state index in [9.17, 15) is 4.79 Å². The molecule has 4 heteroatoms. The molecular formula is C14H17BrN2O. The number of aryl methyl sites for hydroxylation is 2. The van der Waals surface area contributed by atoms with Crippen LogP contribution in [0.3, 0.4) is 0 Å². The third-order valence-electron chi connectivity index (χ3n) is 2.98. The standard InChI is InChI=1S/C14H16N2O.BrH/c1-3-12-4-6-13(7-5-12)14(17)10-16-9-8-15-11(16)2;/h4-9H,3,10H2,1-2H3;1H. The van der Waals surface area contributed by atoms with E-state index in [0.717, 1.165) is 17.8 Å². The van der Waals surface area contributed by atoms with Crippen LogP contribution in [0.5, 0.6) is 0 Å². The van der Waals surface area contributed by atoms with Crippen molar-refractivity contribution in [3.05, 3.63) is 53.6 Å². The molecule has 3 nitrogen and oxygen atoms in total. The highest BCUT2D eigenvalue weighted by molar-refractivity contribution is 5.95. The Morgan fingerprint density at radius 3 is 2.44 bits per heavy atom. The number of hydrogen-bond donors (Lipinski definition) is 1. The van der Waals surface area contributed by atoms with Crippen molar-refractivity contribution in [3.63, 3.8) is 0 Å². The van der Waals surface area contributed by atoms with Crippen molar-refractivity contribution in [3.8, 4) is 0 Å². The Labute approximate surface area is 118 Å². The molecular weight excluding hydrogens is 292 g/mol. The Morgan fingerprint density at radius 2 is 1.94 bits per heavy atom. The van der Waals surface area contributed by atoms with Gasteiger partial charge in [-0.3, -0.25) is 4.79 Å². The number of aromatic nitrogens is 2. The highest BCUT2D eigenvalue weighted by atomic mass is 79.9. The Bertz CT molecular complexity index is 517. The van der Waals surface area contributed by atoms with Gasteiger partial charge < -0.3 is 17.0 Å². The van der Waals surface area contributed by atoms with Crippen molar-refractivity contribution in [2.45, 2.75) is 26.8 Å². The van der Waals surface area contributed by atoms with Crippen molar-refractivity contribution in [1.82, 2.24) is 4.98 Å². The second-order valence-electron chi connectivity index (χ2n) is 4.15. The maximum absolute atomic E-state index is 12.0. The molecule has 0 aliphatic rings. The fraction of sp³-hybridized carbons (Fsp3) is 0.286. The number of imidazole rings is 1. The van der Waals surface area contributed by atoms with E-state index in [1.54, 1.807) is 0 Å². The van der Waals surface area contributed by atoms with E-state index < -0.39 is 0 Å². The minimum Gasteiger partial charge on any atom is -1.00 e. The third-order valence-corrected chi connectivity index (χ3v) is 2.98. The molecule has 1 heterocycles. The number of carbonyl (C=O) groups excluding carboxylic acids is 1. The van der Waals surface area contributed by atoms with Crippen molar-refractivity contribution >= 4 is 5.78 Å². The Hall–Kier alpha value is -1.42. The molecule has 18 heavy (non-hydrogen) atoms. The van der Waals surface area contributed by atoms with E-state index in [1.807, 2.05) is 48.1 Å². The van der Waals surface area contributed by atoms with E-state index in [2.05, 4.69) is 11.9 Å². The van der Waals surface area contributed by atoms with Gasteiger partial charge in [0.1, 0.15) is 12.4 Å². The van der Waals surface area contributed by atoms with Gasteiger partial charge in [0.25, 0.3) is 5.82 Å². The van der Waals surface area contributed by atoms with Gasteiger partial charge >= 0.3 is 0 Å². The smallest absolute Gasteiger partial charge is 0.251 e. The molecule has 0 saturated carbocycles. The van der Waals surface area contributed by atoms with Crippen LogP contribution in [0.4, 0.5) is 0 Å². The van der Waals surface area contributed by atoms with Gasteiger partial charge in [0.2, 0.25) is 5.78 Å². The predicted octanol–water partition coefficient (Wildman–Crippen LogP) is -0.940. The number of nitrogens with zero attached hydrogens (tertiary/aromatic N) is 1. The second kappa shape index (κ2) is 6.50. The van der Waals surface area contributed by atoms with Crippen LogP contribution in [-0.4, -0.2) is 10.8 Å². The molecule has 0 aliphatic carbocycles. The lowest BCUT2D eigenvalue weighted by Crippen LogP contribution is -3.00. The van der Waals surface area contributed by atoms with Crippen LogP contribution >= 0.6 is 0 Å². The first-order valence-electron chi connectivity index (χ1n) is 5.86. The quantitative estimate of drug-likeness (QED) is 0.574. The van der Waals surface area contributed by atoms with Gasteiger partial charge in [-0.1, -0.05) is 31.2 Å². The van der Waals surface area contributed by atoms with Gasteiger partial charge in [0.15, 0.2) is 6.54 Å². The molecule has 0 spiro atoms. The van der Waals surface area contributed by atoms with Crippen LogP contribution in [0.15, 0.2) is 36.7 Å². The second-order valence-corrected chi connectivity index (χ2v) is 4.15. The van der Waals surface area contributed by atoms with Crippen molar-refractivity contribution < 1.29 is 26.3 Å². The van der Waals surface area contributed by atoms with Crippen molar-refractivity contribution in [2.75, 3.05) is 0 Å². The molecule has 0 unspecified atom stereocenters. The molecule has 0 amide bonds. The first kappa shape index (κ1) is 14.6. The lowest BCUT2D eigenvalue weighted by molar-refractivity contribution is -0.687. The summed E-state index contributed by atoms with van der Waals surface area (Å²) in [4.78, 5) is 15.1. The molecule has 0 atom stereocenters. The zero-order chi connectivity index (χ0) is 12.3. The molecule has 0 aliphatic heterocycles. The number of hydrogen-bond acceptors (Lipinski definition) is 1. The summed E-state index contributed by atoms with van der Waals surface area (Å²) in [6, 6.07) is 7.84. The molecule has 2 rings (SSSR count). The van der Waals surface area contributed by atoms with E-state index in [4.69, 9.17) is 0 Å². The summed E-state index contributed by atoms with van der Waals surface area (Å²) >= 11 is 0. The van der Waals surface area contributed by atoms with Crippen molar-refractivity contribution in [2.24, 2.45) is 0 Å². The van der Waals surface area contributed by atoms with Crippen LogP contribution < -0.4 is 21.5 Å². The summed E-state index contributed by atoms with van der Waals surface area (Å²) in [6.07, 6.45) is 4.72. The summed E-state index contributed by atoms with van der Waals surface area (Å²) in [5.74, 6) is 1.13. The van der Waals surface area contributed by atoms with Gasteiger partial charge in [-0.2, -0.15) is 0 Å². The zero-order valence-corrected chi connectivity index (χ0v) is 12.2. The fourth-order valence-electron chi connectivity index (χ4n) is 1.79. The highest BCUT2D eigenvalue weighted by Gasteiger charge is 2.12. The fourth-order valence-corrected chi connectivity index (χ4v) is 1.79. The average Bonchev–Trinajstić information content (AvgIpc) is 2.75. The van der Waals surface area contributed by atoms with Gasteiger partial charge in [-0.15, -0.1) is 0 Å². The number of aromatic amines is 1. The maximum atomic E-state index is 12.0. The van der Waals surface area contributed by atoms with Crippen LogP contribution in [-0.2, 0) is 13.0 Å². The highest BCUT2D eigenvalue weighted by Crippen LogP contribution is 2.06. The van der Waals surface area contributed by atoms with Crippen LogP contribution in [0.2, 0.25) is 0 Å². The number of rotatable bonds is 4. The largest absolute Gasteiger partial charge is 1.00 e. The first-order chi connectivity index (χ1) is 8.20. The van der Waals surface area contributed by atoms with Crippen LogP contribution in [0.25, 0.3) is 0 Å². The number of Topliss-reactive ketones (excluding diaryl/α,β-unsaturated/α-hetero) is 1. The number of carbonyl (C=O) groups is 1. The van der Waals surface area contributed by atoms with Gasteiger partial charge in [-0.25, -0.2) is 9.55 Å². The minimum atomic E-state index is 0.